The molecule has 0 saturated heterocycles. The van der Waals surface area contributed by atoms with Gasteiger partial charge in [-0.25, -0.2) is 4.79 Å². The van der Waals surface area contributed by atoms with Gasteiger partial charge in [0, 0.05) is 0 Å². The monoisotopic (exact) mass is 459 g/mol. The number of amides is 4. The number of nitrogens with one attached hydrogen (secondary N) is 3. The van der Waals surface area contributed by atoms with Crippen LogP contribution in [0.4, 0.5) is 0 Å². The van der Waals surface area contributed by atoms with Crippen LogP contribution in [0, 0.1) is 11.8 Å². The van der Waals surface area contributed by atoms with E-state index in [1.165, 1.54) is 0 Å². The third-order valence-electron chi connectivity index (χ3n) is 4.34. The molecule has 0 spiro atoms. The van der Waals surface area contributed by atoms with Gasteiger partial charge in [0.15, 0.2) is 0 Å². The summed E-state index contributed by atoms with van der Waals surface area (Å²) in [6.45, 7) is 6.99. The van der Waals surface area contributed by atoms with Crippen molar-refractivity contribution >= 4 is 35.6 Å². The topological polar surface area (TPSA) is 231 Å². The first-order chi connectivity index (χ1) is 14.6. The third-order valence-corrected chi connectivity index (χ3v) is 4.34. The zero-order valence-corrected chi connectivity index (χ0v) is 18.6. The Labute approximate surface area is 185 Å². The highest BCUT2D eigenvalue weighted by atomic mass is 16.4. The molecule has 13 heteroatoms. The van der Waals surface area contributed by atoms with E-state index in [9.17, 15) is 28.8 Å². The molecule has 4 amide bonds. The maximum Gasteiger partial charge on any atom is 0.326 e. The molecule has 0 radical (unpaired) electrons. The van der Waals surface area contributed by atoms with Crippen molar-refractivity contribution in [3.8, 4) is 0 Å². The maximum absolute atomic E-state index is 12.7. The third kappa shape index (κ3) is 10.7. The lowest BCUT2D eigenvalue weighted by atomic mass is 10.00. The molecular weight excluding hydrogens is 426 g/mol. The zero-order chi connectivity index (χ0) is 25.2. The van der Waals surface area contributed by atoms with Crippen molar-refractivity contribution in [1.29, 1.82) is 0 Å². The quantitative estimate of drug-likeness (QED) is 0.151. The largest absolute Gasteiger partial charge is 0.481 e. The van der Waals surface area contributed by atoms with E-state index in [-0.39, 0.29) is 5.92 Å². The first-order valence-electron chi connectivity index (χ1n) is 10.0. The van der Waals surface area contributed by atoms with E-state index in [4.69, 9.17) is 21.7 Å². The van der Waals surface area contributed by atoms with Gasteiger partial charge in [-0.3, -0.25) is 24.0 Å². The van der Waals surface area contributed by atoms with Gasteiger partial charge < -0.3 is 37.6 Å². The van der Waals surface area contributed by atoms with Crippen molar-refractivity contribution in [2.45, 2.75) is 71.1 Å². The van der Waals surface area contributed by atoms with Gasteiger partial charge in [0.25, 0.3) is 0 Å². The number of carbonyl (C=O) groups is 6. The number of hydrogen-bond donors (Lipinski definition) is 7. The Morgan fingerprint density at radius 1 is 0.781 bits per heavy atom. The van der Waals surface area contributed by atoms with Gasteiger partial charge in [-0.2, -0.15) is 0 Å². The molecule has 0 fully saturated rings. The molecule has 32 heavy (non-hydrogen) atoms. The smallest absolute Gasteiger partial charge is 0.326 e. The fourth-order valence-corrected chi connectivity index (χ4v) is 2.73. The van der Waals surface area contributed by atoms with Crippen molar-refractivity contribution in [3.05, 3.63) is 0 Å². The van der Waals surface area contributed by atoms with Crippen LogP contribution in [-0.2, 0) is 28.8 Å². The van der Waals surface area contributed by atoms with Crippen LogP contribution < -0.4 is 27.4 Å². The Morgan fingerprint density at radius 3 is 1.72 bits per heavy atom. The molecule has 0 aromatic heterocycles. The van der Waals surface area contributed by atoms with Gasteiger partial charge in [-0.15, -0.1) is 0 Å². The van der Waals surface area contributed by atoms with E-state index in [2.05, 4.69) is 10.6 Å². The van der Waals surface area contributed by atoms with E-state index < -0.39 is 78.5 Å². The number of carbonyl (C=O) groups excluding carboxylic acids is 4. The van der Waals surface area contributed by atoms with Crippen LogP contribution >= 0.6 is 0 Å². The molecule has 0 aliphatic rings. The van der Waals surface area contributed by atoms with Gasteiger partial charge >= 0.3 is 11.9 Å². The minimum atomic E-state index is -1.71. The summed E-state index contributed by atoms with van der Waals surface area (Å²) in [7, 11) is 0. The van der Waals surface area contributed by atoms with Crippen molar-refractivity contribution in [1.82, 2.24) is 16.0 Å². The molecule has 0 aromatic rings. The first kappa shape index (κ1) is 28.8. The van der Waals surface area contributed by atoms with E-state index in [0.29, 0.717) is 6.42 Å². The maximum atomic E-state index is 12.7. The number of primary amides is 1. The van der Waals surface area contributed by atoms with Gasteiger partial charge in [0.05, 0.1) is 18.9 Å². The lowest BCUT2D eigenvalue weighted by molar-refractivity contribution is -0.145. The van der Waals surface area contributed by atoms with E-state index >= 15 is 0 Å². The van der Waals surface area contributed by atoms with E-state index in [1.54, 1.807) is 13.8 Å². The molecular formula is C19H33N5O8. The molecule has 13 nitrogen and oxygen atoms in total. The second kappa shape index (κ2) is 13.2. The minimum Gasteiger partial charge on any atom is -0.481 e. The highest BCUT2D eigenvalue weighted by molar-refractivity contribution is 5.96. The Hall–Kier alpha value is -3.22. The summed E-state index contributed by atoms with van der Waals surface area (Å²) in [5.41, 5.74) is 10.8. The van der Waals surface area contributed by atoms with Crippen LogP contribution in [-0.4, -0.2) is 69.9 Å². The summed E-state index contributed by atoms with van der Waals surface area (Å²) < 4.78 is 0. The lowest BCUT2D eigenvalue weighted by Gasteiger charge is -2.26. The first-order valence-corrected chi connectivity index (χ1v) is 10.0. The van der Waals surface area contributed by atoms with Gasteiger partial charge in [-0.05, 0) is 18.3 Å². The standard InChI is InChI=1S/C19H33N5O8/c1-8(2)5-10(20)16(28)24-15(9(3)4)18(30)22-11(7-14(26)27)17(29)23-12(19(31)32)6-13(21)25/h8-12,15H,5-7,20H2,1-4H3,(H2,21,25)(H,22,30)(H,23,29)(H,24,28)(H,26,27)(H,31,32). The molecule has 4 atom stereocenters. The fourth-order valence-electron chi connectivity index (χ4n) is 2.73. The predicted molar refractivity (Wildman–Crippen MR) is 112 cm³/mol. The summed E-state index contributed by atoms with van der Waals surface area (Å²) in [4.78, 5) is 70.9. The summed E-state index contributed by atoms with van der Waals surface area (Å²) in [5, 5.41) is 24.9. The Kier molecular flexibility index (Phi) is 11.9. The SMILES string of the molecule is CC(C)CC(N)C(=O)NC(C(=O)NC(CC(=O)O)C(=O)NC(CC(N)=O)C(=O)O)C(C)C. The number of aliphatic carboxylic acids is 2. The average Bonchev–Trinajstić information content (AvgIpc) is 2.62. The molecule has 0 rings (SSSR count). The summed E-state index contributed by atoms with van der Waals surface area (Å²) >= 11 is 0. The van der Waals surface area contributed by atoms with Crippen LogP contribution in [0.3, 0.4) is 0 Å². The van der Waals surface area contributed by atoms with Gasteiger partial charge in [0.1, 0.15) is 18.1 Å². The van der Waals surface area contributed by atoms with Crippen LogP contribution in [0.1, 0.15) is 47.0 Å². The van der Waals surface area contributed by atoms with Gasteiger partial charge in [0.2, 0.25) is 23.6 Å². The minimum absolute atomic E-state index is 0.133. The zero-order valence-electron chi connectivity index (χ0n) is 18.6. The second-order valence-corrected chi connectivity index (χ2v) is 8.20. The molecule has 9 N–H and O–H groups in total. The Morgan fingerprint density at radius 2 is 1.31 bits per heavy atom. The van der Waals surface area contributed by atoms with Crippen LogP contribution in [0.25, 0.3) is 0 Å². The highest BCUT2D eigenvalue weighted by Gasteiger charge is 2.33. The molecule has 4 unspecified atom stereocenters. The number of nitrogens with two attached hydrogens (primary N) is 2. The lowest BCUT2D eigenvalue weighted by Crippen LogP contribution is -2.59. The molecule has 0 aliphatic heterocycles. The second-order valence-electron chi connectivity index (χ2n) is 8.20. The average molecular weight is 460 g/mol. The molecule has 0 saturated carbocycles. The fraction of sp³-hybridized carbons (Fsp3) is 0.684. The Bertz CT molecular complexity index is 725. The highest BCUT2D eigenvalue weighted by Crippen LogP contribution is 2.07. The van der Waals surface area contributed by atoms with Gasteiger partial charge in [-0.1, -0.05) is 27.7 Å². The van der Waals surface area contributed by atoms with Crippen LogP contribution in [0.15, 0.2) is 0 Å². The number of carboxylic acid groups (broad SMARTS) is 2. The normalized spacial score (nSPS) is 14.7. The predicted octanol–water partition coefficient (Wildman–Crippen LogP) is -2.10. The molecule has 182 valence electrons. The summed E-state index contributed by atoms with van der Waals surface area (Å²) in [6.07, 6.45) is -1.22. The number of carboxylic acids is 2. The van der Waals surface area contributed by atoms with Crippen molar-refractivity contribution in [2.24, 2.45) is 23.3 Å². The van der Waals surface area contributed by atoms with Crippen LogP contribution in [0.5, 0.6) is 0 Å². The summed E-state index contributed by atoms with van der Waals surface area (Å²) in [5.74, 6) is -6.90. The summed E-state index contributed by atoms with van der Waals surface area (Å²) in [6, 6.07) is -5.38. The molecule has 0 aliphatic carbocycles. The Balaban J connectivity index is 5.47. The van der Waals surface area contributed by atoms with Crippen molar-refractivity contribution in [3.63, 3.8) is 0 Å². The molecule has 0 aromatic carbocycles. The van der Waals surface area contributed by atoms with Crippen molar-refractivity contribution < 1.29 is 39.0 Å². The molecule has 0 heterocycles. The molecule has 0 bridgehead atoms. The van der Waals surface area contributed by atoms with E-state index in [0.717, 1.165) is 0 Å². The van der Waals surface area contributed by atoms with E-state index in [1.807, 2.05) is 19.2 Å². The number of hydrogen-bond acceptors (Lipinski definition) is 7. The number of rotatable bonds is 14. The van der Waals surface area contributed by atoms with Crippen molar-refractivity contribution in [2.75, 3.05) is 0 Å². The van der Waals surface area contributed by atoms with Crippen LogP contribution in [0.2, 0.25) is 0 Å².